The number of aliphatic carboxylic acids is 1. The van der Waals surface area contributed by atoms with Crippen LogP contribution in [-0.4, -0.2) is 53.9 Å². The predicted octanol–water partition coefficient (Wildman–Crippen LogP) is 2.23. The number of carboxylic acid groups (broad SMARTS) is 1. The summed E-state index contributed by atoms with van der Waals surface area (Å²) in [4.78, 5) is 35.8. The van der Waals surface area contributed by atoms with E-state index in [1.165, 1.54) is 6.92 Å². The Balaban J connectivity index is 2.84. The Morgan fingerprint density at radius 2 is 1.83 bits per heavy atom. The van der Waals surface area contributed by atoms with Gasteiger partial charge in [-0.1, -0.05) is 40.0 Å². The Kier molecular flexibility index (Phi) is 12.1. The highest BCUT2D eigenvalue weighted by atomic mass is 16.5. The predicted molar refractivity (Wildman–Crippen MR) is 115 cm³/mol. The summed E-state index contributed by atoms with van der Waals surface area (Å²) in [5, 5.41) is 15.1. The highest BCUT2D eigenvalue weighted by Crippen LogP contribution is 2.24. The molecule has 0 unspecified atom stereocenters. The summed E-state index contributed by atoms with van der Waals surface area (Å²) in [5.74, 6) is -1.33. The monoisotopic (exact) mass is 426 g/mol. The normalized spacial score (nSPS) is 21.1. The topological polar surface area (TPSA) is 129 Å². The van der Waals surface area contributed by atoms with Gasteiger partial charge in [0.05, 0.1) is 24.3 Å². The Morgan fingerprint density at radius 3 is 2.40 bits per heavy atom. The zero-order valence-electron chi connectivity index (χ0n) is 18.6. The van der Waals surface area contributed by atoms with Gasteiger partial charge in [0.2, 0.25) is 5.91 Å². The maximum absolute atomic E-state index is 12.3. The van der Waals surface area contributed by atoms with Crippen molar-refractivity contribution in [2.24, 2.45) is 0 Å². The second-order valence-electron chi connectivity index (χ2n) is 7.66. The molecule has 0 spiro atoms. The molecular formula is C21H38N4O5. The smallest absolute Gasteiger partial charge is 0.331 e. The number of carboxylic acids is 1. The Morgan fingerprint density at radius 1 is 1.13 bits per heavy atom. The van der Waals surface area contributed by atoms with Gasteiger partial charge in [0.15, 0.2) is 0 Å². The van der Waals surface area contributed by atoms with Crippen LogP contribution < -0.4 is 21.5 Å². The van der Waals surface area contributed by atoms with E-state index in [2.05, 4.69) is 28.4 Å². The molecule has 1 aliphatic rings. The fourth-order valence-electron chi connectivity index (χ4n) is 3.49. The first kappa shape index (κ1) is 25.9. The minimum absolute atomic E-state index is 0.0742. The van der Waals surface area contributed by atoms with Crippen LogP contribution in [-0.2, 0) is 14.3 Å². The first-order valence-electron chi connectivity index (χ1n) is 11.0. The quantitative estimate of drug-likeness (QED) is 0.227. The van der Waals surface area contributed by atoms with Gasteiger partial charge in [-0.25, -0.2) is 15.0 Å². The van der Waals surface area contributed by atoms with E-state index in [0.29, 0.717) is 6.54 Å². The molecule has 0 fully saturated rings. The van der Waals surface area contributed by atoms with Crippen LogP contribution in [0.4, 0.5) is 4.79 Å². The number of nitrogens with one attached hydrogen (secondary N) is 4. The summed E-state index contributed by atoms with van der Waals surface area (Å²) < 4.78 is 6.09. The van der Waals surface area contributed by atoms with E-state index in [9.17, 15) is 19.5 Å². The number of hydrazine groups is 1. The zero-order chi connectivity index (χ0) is 22.5. The molecule has 3 atom stereocenters. The number of ether oxygens (including phenoxy) is 1. The third-order valence-electron chi connectivity index (χ3n) is 5.17. The summed E-state index contributed by atoms with van der Waals surface area (Å²) >= 11 is 0. The second kappa shape index (κ2) is 14.0. The number of hydrogen-bond donors (Lipinski definition) is 5. The van der Waals surface area contributed by atoms with E-state index >= 15 is 0 Å². The SMILES string of the molecule is CCCCCCNNC(=O)N[C@H]1CC(C(=O)O)=C[C@@H](OC(CC)CC)[C@@H]1NC(C)=O. The van der Waals surface area contributed by atoms with Crippen molar-refractivity contribution in [2.45, 2.75) is 96.9 Å². The van der Waals surface area contributed by atoms with Crippen molar-refractivity contribution in [1.82, 2.24) is 21.5 Å². The first-order chi connectivity index (χ1) is 14.3. The second-order valence-corrected chi connectivity index (χ2v) is 7.66. The van der Waals surface area contributed by atoms with Crippen LogP contribution in [0.1, 0.15) is 72.6 Å². The molecule has 5 N–H and O–H groups in total. The van der Waals surface area contributed by atoms with Crippen molar-refractivity contribution in [3.8, 4) is 0 Å². The lowest BCUT2D eigenvalue weighted by atomic mass is 9.87. The molecule has 30 heavy (non-hydrogen) atoms. The molecule has 172 valence electrons. The van der Waals surface area contributed by atoms with Gasteiger partial charge in [-0.3, -0.25) is 10.2 Å². The molecule has 0 bridgehead atoms. The summed E-state index contributed by atoms with van der Waals surface area (Å²) in [6, 6.07) is -1.66. The molecule has 0 aromatic carbocycles. The third-order valence-corrected chi connectivity index (χ3v) is 5.17. The molecule has 0 heterocycles. The number of rotatable bonds is 13. The van der Waals surface area contributed by atoms with Gasteiger partial charge in [0.25, 0.3) is 0 Å². The standard InChI is InChI=1S/C21H38N4O5/c1-5-8-9-10-11-22-25-21(29)24-17-12-15(20(27)28)13-18(19(17)23-14(4)26)30-16(6-2)7-3/h13,16-19,22H,5-12H2,1-4H3,(H,23,26)(H,27,28)(H2,24,25,29)/t17-,18+,19+/m0/s1. The van der Waals surface area contributed by atoms with Crippen LogP contribution in [0.2, 0.25) is 0 Å². The van der Waals surface area contributed by atoms with Crippen molar-refractivity contribution in [3.63, 3.8) is 0 Å². The summed E-state index contributed by atoms with van der Waals surface area (Å²) in [7, 11) is 0. The molecule has 0 radical (unpaired) electrons. The third kappa shape index (κ3) is 9.13. The van der Waals surface area contributed by atoms with Crippen molar-refractivity contribution in [3.05, 3.63) is 11.6 Å². The van der Waals surface area contributed by atoms with Gasteiger partial charge >= 0.3 is 12.0 Å². The fourth-order valence-corrected chi connectivity index (χ4v) is 3.49. The Labute approximate surface area is 179 Å². The molecule has 1 aliphatic carbocycles. The van der Waals surface area contributed by atoms with Crippen LogP contribution in [0.5, 0.6) is 0 Å². The molecule has 3 amide bonds. The van der Waals surface area contributed by atoms with Crippen LogP contribution in [0.15, 0.2) is 11.6 Å². The highest BCUT2D eigenvalue weighted by Gasteiger charge is 2.38. The van der Waals surface area contributed by atoms with Gasteiger partial charge in [-0.2, -0.15) is 0 Å². The first-order valence-corrected chi connectivity index (χ1v) is 11.0. The molecule has 1 rings (SSSR count). The van der Waals surface area contributed by atoms with E-state index in [0.717, 1.165) is 38.5 Å². The summed E-state index contributed by atoms with van der Waals surface area (Å²) in [6.45, 7) is 8.14. The number of urea groups is 1. The minimum Gasteiger partial charge on any atom is -0.478 e. The maximum Gasteiger partial charge on any atom is 0.331 e. The van der Waals surface area contributed by atoms with Gasteiger partial charge in [-0.05, 0) is 25.3 Å². The number of amides is 3. The van der Waals surface area contributed by atoms with Crippen LogP contribution in [0.25, 0.3) is 0 Å². The van der Waals surface area contributed by atoms with E-state index in [1.807, 2.05) is 13.8 Å². The van der Waals surface area contributed by atoms with E-state index in [-0.39, 0.29) is 24.0 Å². The van der Waals surface area contributed by atoms with Crippen LogP contribution in [0, 0.1) is 0 Å². The molecule has 0 saturated heterocycles. The van der Waals surface area contributed by atoms with Crippen LogP contribution in [0.3, 0.4) is 0 Å². The molecule has 0 aromatic rings. The van der Waals surface area contributed by atoms with Crippen molar-refractivity contribution in [2.75, 3.05) is 6.54 Å². The van der Waals surface area contributed by atoms with Gasteiger partial charge in [0.1, 0.15) is 0 Å². The maximum atomic E-state index is 12.3. The lowest BCUT2D eigenvalue weighted by Gasteiger charge is -2.38. The van der Waals surface area contributed by atoms with Gasteiger partial charge in [0, 0.05) is 25.5 Å². The summed E-state index contributed by atoms with van der Waals surface area (Å²) in [6.07, 6.45) is 6.76. The number of carbonyl (C=O) groups is 3. The fraction of sp³-hybridized carbons (Fsp3) is 0.762. The number of unbranched alkanes of at least 4 members (excludes halogenated alkanes) is 3. The molecule has 0 saturated carbocycles. The molecule has 0 aromatic heterocycles. The minimum atomic E-state index is -1.06. The average Bonchev–Trinajstić information content (AvgIpc) is 2.70. The van der Waals surface area contributed by atoms with E-state index in [1.54, 1.807) is 6.08 Å². The average molecular weight is 427 g/mol. The lowest BCUT2D eigenvalue weighted by molar-refractivity contribution is -0.133. The Hall–Kier alpha value is -2.13. The van der Waals surface area contributed by atoms with E-state index in [4.69, 9.17) is 4.74 Å². The van der Waals surface area contributed by atoms with Gasteiger partial charge in [-0.15, -0.1) is 0 Å². The number of hydrogen-bond acceptors (Lipinski definition) is 5. The molecular weight excluding hydrogens is 388 g/mol. The largest absolute Gasteiger partial charge is 0.478 e. The number of carbonyl (C=O) groups excluding carboxylic acids is 2. The van der Waals surface area contributed by atoms with Crippen molar-refractivity contribution < 1.29 is 24.2 Å². The summed E-state index contributed by atoms with van der Waals surface area (Å²) in [5.41, 5.74) is 5.61. The Bertz CT molecular complexity index is 592. The highest BCUT2D eigenvalue weighted by molar-refractivity contribution is 5.87. The lowest BCUT2D eigenvalue weighted by Crippen LogP contribution is -2.61. The molecule has 9 heteroatoms. The molecule has 0 aliphatic heterocycles. The van der Waals surface area contributed by atoms with Crippen molar-refractivity contribution in [1.29, 1.82) is 0 Å². The van der Waals surface area contributed by atoms with Crippen molar-refractivity contribution >= 4 is 17.9 Å². The molecule has 9 nitrogen and oxygen atoms in total. The van der Waals surface area contributed by atoms with Gasteiger partial charge < -0.3 is 20.5 Å². The zero-order valence-corrected chi connectivity index (χ0v) is 18.6. The van der Waals surface area contributed by atoms with E-state index < -0.39 is 30.2 Å². The van der Waals surface area contributed by atoms with Crippen LogP contribution >= 0.6 is 0 Å².